The predicted octanol–water partition coefficient (Wildman–Crippen LogP) is -0.256. The molecule has 1 aromatic rings. The molecule has 0 unspecified atom stereocenters. The average Bonchev–Trinajstić information content (AvgIpc) is 2.64. The Bertz CT molecular complexity index is 604. The van der Waals surface area contributed by atoms with Gasteiger partial charge in [-0.3, -0.25) is 9.69 Å². The van der Waals surface area contributed by atoms with E-state index in [1.807, 2.05) is 0 Å². The highest BCUT2D eigenvalue weighted by atomic mass is 16.5. The summed E-state index contributed by atoms with van der Waals surface area (Å²) in [5, 5.41) is 22.2. The van der Waals surface area contributed by atoms with E-state index in [2.05, 4.69) is 46.3 Å². The van der Waals surface area contributed by atoms with Crippen molar-refractivity contribution in [1.82, 2.24) is 10.2 Å². The molecule has 0 saturated carbocycles. The van der Waals surface area contributed by atoms with Gasteiger partial charge in [-0.15, -0.1) is 0 Å². The minimum Gasteiger partial charge on any atom is -0.394 e. The molecule has 2 aliphatic heterocycles. The molecule has 2 aliphatic rings. The fraction of sp³-hybridized carbons (Fsp3) is 0.632. The molecule has 26 heavy (non-hydrogen) atoms. The van der Waals surface area contributed by atoms with Crippen LogP contribution >= 0.6 is 0 Å². The van der Waals surface area contributed by atoms with E-state index in [9.17, 15) is 15.0 Å². The van der Waals surface area contributed by atoms with E-state index < -0.39 is 12.2 Å². The molecule has 0 spiro atoms. The zero-order valence-corrected chi connectivity index (χ0v) is 15.3. The lowest BCUT2D eigenvalue weighted by atomic mass is 10.00. The van der Waals surface area contributed by atoms with Crippen molar-refractivity contribution < 1.29 is 19.7 Å². The minimum absolute atomic E-state index is 0.0864. The lowest BCUT2D eigenvalue weighted by Gasteiger charge is -2.37. The number of hydrogen-bond acceptors (Lipinski definition) is 6. The fourth-order valence-electron chi connectivity index (χ4n) is 3.64. The molecule has 3 rings (SSSR count). The molecule has 3 N–H and O–H groups in total. The molecular weight excluding hydrogens is 334 g/mol. The van der Waals surface area contributed by atoms with E-state index in [0.717, 1.165) is 26.2 Å². The third-order valence-corrected chi connectivity index (χ3v) is 5.19. The van der Waals surface area contributed by atoms with Gasteiger partial charge >= 0.3 is 0 Å². The van der Waals surface area contributed by atoms with Gasteiger partial charge in [0.25, 0.3) is 0 Å². The van der Waals surface area contributed by atoms with Crippen molar-refractivity contribution in [2.75, 3.05) is 50.8 Å². The second-order valence-corrected chi connectivity index (χ2v) is 7.15. The first-order valence-corrected chi connectivity index (χ1v) is 9.30. The van der Waals surface area contributed by atoms with Crippen LogP contribution in [0.15, 0.2) is 24.3 Å². The van der Waals surface area contributed by atoms with Gasteiger partial charge in [0.1, 0.15) is 12.2 Å². The lowest BCUT2D eigenvalue weighted by molar-refractivity contribution is -0.132. The van der Waals surface area contributed by atoms with Crippen LogP contribution in [0.4, 0.5) is 5.69 Å². The van der Waals surface area contributed by atoms with Crippen molar-refractivity contribution in [2.45, 2.75) is 31.6 Å². The van der Waals surface area contributed by atoms with Gasteiger partial charge in [-0.05, 0) is 31.0 Å². The van der Waals surface area contributed by atoms with Crippen molar-refractivity contribution in [1.29, 1.82) is 0 Å². The second kappa shape index (κ2) is 8.81. The monoisotopic (exact) mass is 363 g/mol. The number of rotatable bonds is 5. The maximum atomic E-state index is 12.3. The van der Waals surface area contributed by atoms with Crippen molar-refractivity contribution in [3.63, 3.8) is 0 Å². The van der Waals surface area contributed by atoms with Crippen LogP contribution < -0.4 is 10.2 Å². The van der Waals surface area contributed by atoms with Gasteiger partial charge < -0.3 is 25.2 Å². The van der Waals surface area contributed by atoms with E-state index in [0.29, 0.717) is 19.6 Å². The first kappa shape index (κ1) is 19.1. The number of aryl methyl sites for hydroxylation is 1. The lowest BCUT2D eigenvalue weighted by Crippen LogP contribution is -2.56. The van der Waals surface area contributed by atoms with E-state index in [1.54, 1.807) is 0 Å². The summed E-state index contributed by atoms with van der Waals surface area (Å²) in [7, 11) is 0. The van der Waals surface area contributed by atoms with E-state index >= 15 is 0 Å². The first-order valence-electron chi connectivity index (χ1n) is 9.30. The molecular formula is C19H29N3O4. The third kappa shape index (κ3) is 4.73. The Labute approximate surface area is 154 Å². The summed E-state index contributed by atoms with van der Waals surface area (Å²) < 4.78 is 5.30. The van der Waals surface area contributed by atoms with E-state index in [1.165, 1.54) is 11.3 Å². The van der Waals surface area contributed by atoms with Gasteiger partial charge in [0.15, 0.2) is 0 Å². The zero-order chi connectivity index (χ0) is 18.5. The van der Waals surface area contributed by atoms with Crippen LogP contribution in [0.3, 0.4) is 0 Å². The number of piperazine rings is 1. The van der Waals surface area contributed by atoms with Crippen LogP contribution in [0.25, 0.3) is 0 Å². The number of carbonyl (C=O) groups excluding carboxylic acids is 1. The van der Waals surface area contributed by atoms with Crippen LogP contribution in [0, 0.1) is 6.92 Å². The van der Waals surface area contributed by atoms with Crippen molar-refractivity contribution in [3.8, 4) is 0 Å². The minimum atomic E-state index is -0.865. The number of anilines is 1. The molecule has 144 valence electrons. The number of nitrogens with zero attached hydrogens (tertiary/aromatic N) is 2. The highest BCUT2D eigenvalue weighted by Crippen LogP contribution is 2.18. The van der Waals surface area contributed by atoms with Gasteiger partial charge in [0.2, 0.25) is 5.91 Å². The highest BCUT2D eigenvalue weighted by molar-refractivity contribution is 5.78. The summed E-state index contributed by atoms with van der Waals surface area (Å²) in [4.78, 5) is 16.8. The topological polar surface area (TPSA) is 85.3 Å². The van der Waals surface area contributed by atoms with Gasteiger partial charge in [0, 0.05) is 38.5 Å². The average molecular weight is 363 g/mol. The maximum absolute atomic E-state index is 12.3. The molecule has 0 aliphatic carbocycles. The molecule has 1 amide bonds. The third-order valence-electron chi connectivity index (χ3n) is 5.19. The van der Waals surface area contributed by atoms with Crippen LogP contribution in [0.1, 0.15) is 12.0 Å². The Morgan fingerprint density at radius 3 is 2.77 bits per heavy atom. The molecule has 2 heterocycles. The van der Waals surface area contributed by atoms with Crippen molar-refractivity contribution in [3.05, 3.63) is 29.8 Å². The first-order chi connectivity index (χ1) is 12.6. The number of hydrogen-bond donors (Lipinski definition) is 3. The summed E-state index contributed by atoms with van der Waals surface area (Å²) in [6, 6.07) is 8.12. The van der Waals surface area contributed by atoms with Crippen LogP contribution in [-0.4, -0.2) is 85.2 Å². The Morgan fingerprint density at radius 1 is 1.31 bits per heavy atom. The number of ether oxygens (including phenoxy) is 1. The van der Waals surface area contributed by atoms with E-state index in [-0.39, 0.29) is 18.6 Å². The number of aliphatic hydroxyl groups excluding tert-OH is 2. The smallest absolute Gasteiger partial charge is 0.234 e. The molecule has 7 nitrogen and oxygen atoms in total. The van der Waals surface area contributed by atoms with Crippen LogP contribution in [0.2, 0.25) is 0 Å². The summed E-state index contributed by atoms with van der Waals surface area (Å²) in [6.07, 6.45) is -0.923. The summed E-state index contributed by atoms with van der Waals surface area (Å²) in [5.41, 5.74) is 2.48. The van der Waals surface area contributed by atoms with E-state index in [4.69, 9.17) is 4.74 Å². The highest BCUT2D eigenvalue weighted by Gasteiger charge is 2.33. The maximum Gasteiger partial charge on any atom is 0.234 e. The Hall–Kier alpha value is -1.67. The molecule has 0 radical (unpaired) electrons. The number of carbonyl (C=O) groups is 1. The number of amides is 1. The molecule has 7 heteroatoms. The van der Waals surface area contributed by atoms with Gasteiger partial charge in [-0.2, -0.15) is 0 Å². The number of nitrogens with one attached hydrogen (secondary N) is 1. The standard InChI is InChI=1S/C19H29N3O4/c1-14-3-2-4-15(11-14)22-8-6-21(7-9-22)12-18(24)20-16-5-10-26-17(13-23)19(16)25/h2-4,11,16-17,19,23,25H,5-10,12-13H2,1H3,(H,20,24)/t16-,17+,19-/m0/s1. The Morgan fingerprint density at radius 2 is 2.08 bits per heavy atom. The molecule has 0 aromatic heterocycles. The van der Waals surface area contributed by atoms with Crippen LogP contribution in [0.5, 0.6) is 0 Å². The number of benzene rings is 1. The van der Waals surface area contributed by atoms with Gasteiger partial charge in [-0.1, -0.05) is 12.1 Å². The molecule has 1 aromatic carbocycles. The Kier molecular flexibility index (Phi) is 6.48. The number of aliphatic hydroxyl groups is 2. The SMILES string of the molecule is Cc1cccc(N2CCN(CC(=O)N[C@H]3CCO[C@H](CO)[C@H]3O)CC2)c1. The van der Waals surface area contributed by atoms with Crippen molar-refractivity contribution in [2.24, 2.45) is 0 Å². The van der Waals surface area contributed by atoms with Crippen molar-refractivity contribution >= 4 is 11.6 Å². The molecule has 2 saturated heterocycles. The summed E-state index contributed by atoms with van der Waals surface area (Å²) >= 11 is 0. The van der Waals surface area contributed by atoms with Crippen LogP contribution in [-0.2, 0) is 9.53 Å². The quantitative estimate of drug-likeness (QED) is 0.669. The summed E-state index contributed by atoms with van der Waals surface area (Å²) in [6.45, 7) is 6.06. The van der Waals surface area contributed by atoms with Gasteiger partial charge in [0.05, 0.1) is 19.2 Å². The normalized spacial score (nSPS) is 27.3. The predicted molar refractivity (Wildman–Crippen MR) is 99.2 cm³/mol. The Balaban J connectivity index is 1.45. The molecule has 3 atom stereocenters. The summed E-state index contributed by atoms with van der Waals surface area (Å²) in [5.74, 6) is -0.0864. The van der Waals surface area contributed by atoms with Gasteiger partial charge in [-0.25, -0.2) is 0 Å². The fourth-order valence-corrected chi connectivity index (χ4v) is 3.64. The second-order valence-electron chi connectivity index (χ2n) is 7.15. The molecule has 2 fully saturated rings. The molecule has 0 bridgehead atoms. The zero-order valence-electron chi connectivity index (χ0n) is 15.3. The largest absolute Gasteiger partial charge is 0.394 e.